The predicted molar refractivity (Wildman–Crippen MR) is 111 cm³/mol. The molecule has 0 fully saturated rings. The van der Waals surface area contributed by atoms with Crippen LogP contribution in [0.4, 0.5) is 9.52 Å². The number of nitrogens with one attached hydrogen (secondary N) is 2. The summed E-state index contributed by atoms with van der Waals surface area (Å²) in [6.07, 6.45) is 0. The van der Waals surface area contributed by atoms with Crippen molar-refractivity contribution < 1.29 is 14.0 Å². The number of aryl methyl sites for hydroxylation is 1. The molecule has 0 aliphatic rings. The molecule has 29 heavy (non-hydrogen) atoms. The van der Waals surface area contributed by atoms with Crippen molar-refractivity contribution in [3.63, 3.8) is 0 Å². The average molecular weight is 412 g/mol. The number of benzene rings is 2. The van der Waals surface area contributed by atoms with Crippen LogP contribution in [0.2, 0.25) is 0 Å². The van der Waals surface area contributed by atoms with Gasteiger partial charge in [0.25, 0.3) is 5.91 Å². The summed E-state index contributed by atoms with van der Waals surface area (Å²) in [5.74, 6) is -1.62. The second kappa shape index (κ2) is 8.91. The Balaban J connectivity index is 1.71. The van der Waals surface area contributed by atoms with Gasteiger partial charge in [0.05, 0.1) is 0 Å². The third-order valence-electron chi connectivity index (χ3n) is 4.24. The number of carbonyl (C=O) groups excluding carboxylic acids is 2. The SMILES string of the molecule is Cc1cccc(-c2nnc(NC(=O)C(NC(=O)c3cccc(F)c3)C(C)C)s2)c1. The summed E-state index contributed by atoms with van der Waals surface area (Å²) in [6, 6.07) is 12.3. The topological polar surface area (TPSA) is 84.0 Å². The fourth-order valence-electron chi connectivity index (χ4n) is 2.74. The number of rotatable bonds is 6. The summed E-state index contributed by atoms with van der Waals surface area (Å²) < 4.78 is 13.4. The van der Waals surface area contributed by atoms with E-state index in [4.69, 9.17) is 0 Å². The lowest BCUT2D eigenvalue weighted by Gasteiger charge is -2.21. The molecule has 0 saturated carbocycles. The lowest BCUT2D eigenvalue weighted by atomic mass is 10.0. The van der Waals surface area contributed by atoms with Gasteiger partial charge >= 0.3 is 0 Å². The second-order valence-corrected chi connectivity index (χ2v) is 7.95. The highest BCUT2D eigenvalue weighted by atomic mass is 32.1. The van der Waals surface area contributed by atoms with Gasteiger partial charge in [-0.15, -0.1) is 10.2 Å². The number of hydrogen-bond donors (Lipinski definition) is 2. The van der Waals surface area contributed by atoms with Crippen LogP contribution in [0, 0.1) is 18.7 Å². The van der Waals surface area contributed by atoms with E-state index in [0.717, 1.165) is 17.2 Å². The fourth-order valence-corrected chi connectivity index (χ4v) is 3.48. The van der Waals surface area contributed by atoms with Gasteiger partial charge < -0.3 is 5.32 Å². The van der Waals surface area contributed by atoms with Gasteiger partial charge in [0.2, 0.25) is 11.0 Å². The van der Waals surface area contributed by atoms with Crippen LogP contribution < -0.4 is 10.6 Å². The van der Waals surface area contributed by atoms with E-state index >= 15 is 0 Å². The molecule has 2 aromatic carbocycles. The molecule has 150 valence electrons. The first-order valence-electron chi connectivity index (χ1n) is 9.11. The highest BCUT2D eigenvalue weighted by Crippen LogP contribution is 2.27. The van der Waals surface area contributed by atoms with Gasteiger partial charge in [-0.3, -0.25) is 14.9 Å². The molecule has 1 heterocycles. The summed E-state index contributed by atoms with van der Waals surface area (Å²) in [5.41, 5.74) is 2.17. The normalized spacial score (nSPS) is 11.9. The molecule has 1 aromatic heterocycles. The zero-order valence-corrected chi connectivity index (χ0v) is 17.1. The molecule has 1 unspecified atom stereocenters. The Morgan fingerprint density at radius 1 is 1.07 bits per heavy atom. The molecule has 0 aliphatic carbocycles. The quantitative estimate of drug-likeness (QED) is 0.640. The first kappa shape index (κ1) is 20.6. The minimum atomic E-state index is -0.808. The summed E-state index contributed by atoms with van der Waals surface area (Å²) in [5, 5.41) is 14.6. The molecular formula is C21H21FN4O2S. The molecule has 3 rings (SSSR count). The van der Waals surface area contributed by atoms with Crippen LogP contribution in [0.3, 0.4) is 0 Å². The van der Waals surface area contributed by atoms with E-state index in [-0.39, 0.29) is 11.5 Å². The van der Waals surface area contributed by atoms with Gasteiger partial charge in [-0.2, -0.15) is 0 Å². The van der Waals surface area contributed by atoms with Crippen molar-refractivity contribution in [1.29, 1.82) is 0 Å². The molecule has 0 saturated heterocycles. The zero-order chi connectivity index (χ0) is 21.0. The minimum absolute atomic E-state index is 0.154. The van der Waals surface area contributed by atoms with Crippen LogP contribution in [0.15, 0.2) is 48.5 Å². The van der Waals surface area contributed by atoms with Crippen LogP contribution in [0.5, 0.6) is 0 Å². The minimum Gasteiger partial charge on any atom is -0.340 e. The van der Waals surface area contributed by atoms with Crippen LogP contribution in [-0.4, -0.2) is 28.1 Å². The van der Waals surface area contributed by atoms with Gasteiger partial charge in [0, 0.05) is 11.1 Å². The van der Waals surface area contributed by atoms with Gasteiger partial charge in [-0.1, -0.05) is 55.0 Å². The van der Waals surface area contributed by atoms with Crippen LogP contribution >= 0.6 is 11.3 Å². The van der Waals surface area contributed by atoms with Crippen LogP contribution in [0.25, 0.3) is 10.6 Å². The summed E-state index contributed by atoms with van der Waals surface area (Å²) in [7, 11) is 0. The van der Waals surface area contributed by atoms with E-state index in [1.165, 1.54) is 29.5 Å². The van der Waals surface area contributed by atoms with Crippen molar-refractivity contribution in [3.05, 3.63) is 65.5 Å². The Morgan fingerprint density at radius 3 is 2.52 bits per heavy atom. The standard InChI is InChI=1S/C21H21FN4O2S/c1-12(2)17(23-18(27)14-7-5-9-16(22)11-14)19(28)24-21-26-25-20(29-21)15-8-4-6-13(3)10-15/h4-12,17H,1-3H3,(H,23,27)(H,24,26,28). The van der Waals surface area contributed by atoms with E-state index in [1.807, 2.05) is 45.0 Å². The van der Waals surface area contributed by atoms with Crippen molar-refractivity contribution in [3.8, 4) is 10.6 Å². The molecule has 2 N–H and O–H groups in total. The first-order valence-corrected chi connectivity index (χ1v) is 9.93. The van der Waals surface area contributed by atoms with E-state index in [2.05, 4.69) is 20.8 Å². The van der Waals surface area contributed by atoms with Gasteiger partial charge in [-0.05, 0) is 37.1 Å². The third-order valence-corrected chi connectivity index (χ3v) is 5.13. The van der Waals surface area contributed by atoms with Gasteiger partial charge in [0.1, 0.15) is 16.9 Å². The lowest BCUT2D eigenvalue weighted by molar-refractivity contribution is -0.118. The molecule has 2 amide bonds. The third kappa shape index (κ3) is 5.23. The van der Waals surface area contributed by atoms with Crippen molar-refractivity contribution in [2.75, 3.05) is 5.32 Å². The van der Waals surface area contributed by atoms with E-state index < -0.39 is 23.7 Å². The Morgan fingerprint density at radius 2 is 1.83 bits per heavy atom. The Labute approximate surface area is 172 Å². The molecule has 6 nitrogen and oxygen atoms in total. The Bertz CT molecular complexity index is 1030. The Kier molecular flexibility index (Phi) is 6.33. The number of hydrogen-bond acceptors (Lipinski definition) is 5. The van der Waals surface area contributed by atoms with Crippen LogP contribution in [-0.2, 0) is 4.79 Å². The molecular weight excluding hydrogens is 391 g/mol. The largest absolute Gasteiger partial charge is 0.340 e. The highest BCUT2D eigenvalue weighted by Gasteiger charge is 2.26. The summed E-state index contributed by atoms with van der Waals surface area (Å²) >= 11 is 1.25. The van der Waals surface area contributed by atoms with Crippen molar-refractivity contribution >= 4 is 28.3 Å². The summed E-state index contributed by atoms with van der Waals surface area (Å²) in [6.45, 7) is 5.62. The van der Waals surface area contributed by atoms with Crippen LogP contribution in [0.1, 0.15) is 29.8 Å². The lowest BCUT2D eigenvalue weighted by Crippen LogP contribution is -2.47. The maximum Gasteiger partial charge on any atom is 0.252 e. The molecule has 0 spiro atoms. The number of aromatic nitrogens is 2. The summed E-state index contributed by atoms with van der Waals surface area (Å²) in [4.78, 5) is 25.1. The number of nitrogens with zero attached hydrogens (tertiary/aromatic N) is 2. The average Bonchev–Trinajstić information content (AvgIpc) is 3.14. The highest BCUT2D eigenvalue weighted by molar-refractivity contribution is 7.18. The van der Waals surface area contributed by atoms with E-state index in [0.29, 0.717) is 10.1 Å². The zero-order valence-electron chi connectivity index (χ0n) is 16.3. The number of anilines is 1. The number of amides is 2. The van der Waals surface area contributed by atoms with Crippen molar-refractivity contribution in [1.82, 2.24) is 15.5 Å². The van der Waals surface area contributed by atoms with Gasteiger partial charge in [0.15, 0.2) is 0 Å². The molecule has 3 aromatic rings. The maximum absolute atomic E-state index is 13.4. The molecule has 0 aliphatic heterocycles. The fraction of sp³-hybridized carbons (Fsp3) is 0.238. The first-order chi connectivity index (χ1) is 13.8. The van der Waals surface area contributed by atoms with E-state index in [9.17, 15) is 14.0 Å². The van der Waals surface area contributed by atoms with Gasteiger partial charge in [-0.25, -0.2) is 4.39 Å². The smallest absolute Gasteiger partial charge is 0.252 e. The molecule has 0 bridgehead atoms. The molecule has 0 radical (unpaired) electrons. The molecule has 1 atom stereocenters. The predicted octanol–water partition coefficient (Wildman–Crippen LogP) is 4.05. The maximum atomic E-state index is 13.4. The van der Waals surface area contributed by atoms with Crippen molar-refractivity contribution in [2.45, 2.75) is 26.8 Å². The Hall–Kier alpha value is -3.13. The second-order valence-electron chi connectivity index (χ2n) is 6.98. The van der Waals surface area contributed by atoms with E-state index in [1.54, 1.807) is 0 Å². The monoisotopic (exact) mass is 412 g/mol. The molecule has 8 heteroatoms. The van der Waals surface area contributed by atoms with Crippen molar-refractivity contribution in [2.24, 2.45) is 5.92 Å². The number of carbonyl (C=O) groups is 2. The number of halogens is 1.